The Morgan fingerprint density at radius 1 is 1.08 bits per heavy atom. The lowest BCUT2D eigenvalue weighted by Crippen LogP contribution is -2.49. The van der Waals surface area contributed by atoms with E-state index < -0.39 is 11.7 Å². The molecule has 0 saturated carbocycles. The molecule has 12 heteroatoms. The number of nitrogens with zero attached hydrogens (tertiary/aromatic N) is 4. The van der Waals surface area contributed by atoms with Gasteiger partial charge in [-0.1, -0.05) is 6.92 Å². The molecule has 3 amide bonds. The fraction of sp³-hybridized carbons (Fsp3) is 0.556. The Morgan fingerprint density at radius 3 is 2.46 bits per heavy atom. The molecule has 39 heavy (non-hydrogen) atoms. The largest absolute Gasteiger partial charge is 0.444 e. The second kappa shape index (κ2) is 14.3. The van der Waals surface area contributed by atoms with E-state index in [2.05, 4.69) is 36.2 Å². The summed E-state index contributed by atoms with van der Waals surface area (Å²) in [6.07, 6.45) is 7.33. The van der Waals surface area contributed by atoms with Gasteiger partial charge in [0.2, 0.25) is 11.9 Å². The van der Waals surface area contributed by atoms with E-state index in [1.807, 2.05) is 19.1 Å². The zero-order valence-electron chi connectivity index (χ0n) is 23.2. The molecular weight excluding hydrogens is 500 g/mol. The molecule has 4 N–H and O–H groups in total. The van der Waals surface area contributed by atoms with Crippen molar-refractivity contribution in [2.45, 2.75) is 65.0 Å². The molecule has 2 aromatic rings. The molecule has 1 aliphatic heterocycles. The van der Waals surface area contributed by atoms with Crippen LogP contribution in [0.5, 0.6) is 0 Å². The lowest BCUT2D eigenvalue weighted by Gasteiger charge is -2.32. The van der Waals surface area contributed by atoms with E-state index in [1.54, 1.807) is 38.1 Å². The number of alkyl carbamates (subject to hydrolysis) is 1. The number of likely N-dealkylation sites (tertiary alicyclic amines) is 1. The number of anilines is 2. The number of hydrogen-bond donors (Lipinski definition) is 4. The SMILES string of the molecule is CCCNc1nc(NCCc2ccncc2)ncc1C(=O)NC1CCN(C(=O)CNC(=O)OC(C)(C)C)CC1. The van der Waals surface area contributed by atoms with Crippen LogP contribution in [0.3, 0.4) is 0 Å². The molecule has 212 valence electrons. The minimum Gasteiger partial charge on any atom is -0.444 e. The molecule has 0 aliphatic carbocycles. The predicted octanol–water partition coefficient (Wildman–Crippen LogP) is 2.59. The molecule has 1 fully saturated rings. The van der Waals surface area contributed by atoms with Crippen LogP contribution in [0.15, 0.2) is 30.7 Å². The third-order valence-electron chi connectivity index (χ3n) is 5.99. The number of rotatable bonds is 11. The van der Waals surface area contributed by atoms with Crippen molar-refractivity contribution in [2.75, 3.05) is 43.4 Å². The maximum absolute atomic E-state index is 13.1. The molecule has 2 aromatic heterocycles. The minimum atomic E-state index is -0.627. The molecule has 0 atom stereocenters. The van der Waals surface area contributed by atoms with Crippen molar-refractivity contribution in [2.24, 2.45) is 0 Å². The van der Waals surface area contributed by atoms with Crippen LogP contribution in [-0.4, -0.2) is 82.1 Å². The molecule has 3 rings (SSSR count). The van der Waals surface area contributed by atoms with E-state index in [1.165, 1.54) is 6.20 Å². The normalized spacial score (nSPS) is 13.9. The molecule has 1 saturated heterocycles. The number of ether oxygens (including phenoxy) is 1. The molecule has 12 nitrogen and oxygen atoms in total. The molecule has 0 radical (unpaired) electrons. The summed E-state index contributed by atoms with van der Waals surface area (Å²) >= 11 is 0. The second-order valence-corrected chi connectivity index (χ2v) is 10.4. The molecule has 0 spiro atoms. The first kappa shape index (κ1) is 29.6. The quantitative estimate of drug-likeness (QED) is 0.337. The van der Waals surface area contributed by atoms with Gasteiger partial charge in [-0.2, -0.15) is 4.98 Å². The highest BCUT2D eigenvalue weighted by molar-refractivity contribution is 5.98. The van der Waals surface area contributed by atoms with Crippen LogP contribution in [0.25, 0.3) is 0 Å². The van der Waals surface area contributed by atoms with Crippen LogP contribution in [-0.2, 0) is 16.0 Å². The Labute approximate surface area is 229 Å². The second-order valence-electron chi connectivity index (χ2n) is 10.4. The van der Waals surface area contributed by atoms with Crippen molar-refractivity contribution in [1.82, 2.24) is 30.5 Å². The van der Waals surface area contributed by atoms with Crippen molar-refractivity contribution in [3.8, 4) is 0 Å². The predicted molar refractivity (Wildman–Crippen MR) is 149 cm³/mol. The fourth-order valence-corrected chi connectivity index (χ4v) is 3.99. The Balaban J connectivity index is 1.49. The fourth-order valence-electron chi connectivity index (χ4n) is 3.99. The molecular formula is C27H40N8O4. The Bertz CT molecular complexity index is 1100. The number of pyridine rings is 1. The molecule has 0 bridgehead atoms. The summed E-state index contributed by atoms with van der Waals surface area (Å²) in [5.41, 5.74) is 0.908. The van der Waals surface area contributed by atoms with Gasteiger partial charge in [-0.25, -0.2) is 9.78 Å². The van der Waals surface area contributed by atoms with Crippen LogP contribution in [0, 0.1) is 0 Å². The number of piperidine rings is 1. The number of carbonyl (C=O) groups is 3. The maximum atomic E-state index is 13.1. The van der Waals surface area contributed by atoms with E-state index in [0.717, 1.165) is 18.4 Å². The summed E-state index contributed by atoms with van der Waals surface area (Å²) in [6.45, 7) is 9.49. The molecule has 1 aliphatic rings. The van der Waals surface area contributed by atoms with E-state index >= 15 is 0 Å². The van der Waals surface area contributed by atoms with Crippen LogP contribution >= 0.6 is 0 Å². The third kappa shape index (κ3) is 10.0. The van der Waals surface area contributed by atoms with Gasteiger partial charge in [0.25, 0.3) is 5.91 Å². The van der Waals surface area contributed by atoms with Crippen molar-refractivity contribution >= 4 is 29.7 Å². The molecule has 0 unspecified atom stereocenters. The highest BCUT2D eigenvalue weighted by Crippen LogP contribution is 2.17. The summed E-state index contributed by atoms with van der Waals surface area (Å²) in [6, 6.07) is 3.84. The Hall–Kier alpha value is -3.96. The number of amides is 3. The van der Waals surface area contributed by atoms with Crippen LogP contribution in [0.2, 0.25) is 0 Å². The van der Waals surface area contributed by atoms with Gasteiger partial charge in [0.1, 0.15) is 23.5 Å². The summed E-state index contributed by atoms with van der Waals surface area (Å²) in [5, 5.41) is 12.0. The van der Waals surface area contributed by atoms with Gasteiger partial charge in [-0.15, -0.1) is 0 Å². The average molecular weight is 541 g/mol. The highest BCUT2D eigenvalue weighted by Gasteiger charge is 2.26. The summed E-state index contributed by atoms with van der Waals surface area (Å²) < 4.78 is 5.17. The minimum absolute atomic E-state index is 0.0856. The van der Waals surface area contributed by atoms with Gasteiger partial charge < -0.3 is 30.9 Å². The van der Waals surface area contributed by atoms with Crippen LogP contribution in [0.4, 0.5) is 16.6 Å². The Kier molecular flexibility index (Phi) is 10.8. The lowest BCUT2D eigenvalue weighted by atomic mass is 10.0. The van der Waals surface area contributed by atoms with E-state index in [0.29, 0.717) is 56.4 Å². The van der Waals surface area contributed by atoms with Crippen LogP contribution in [0.1, 0.15) is 62.9 Å². The molecule has 0 aromatic carbocycles. The summed E-state index contributed by atoms with van der Waals surface area (Å²) in [5.74, 6) is 0.494. The topological polar surface area (TPSA) is 150 Å². The van der Waals surface area contributed by atoms with Crippen molar-refractivity contribution < 1.29 is 19.1 Å². The van der Waals surface area contributed by atoms with E-state index in [-0.39, 0.29) is 24.4 Å². The van der Waals surface area contributed by atoms with E-state index in [9.17, 15) is 14.4 Å². The van der Waals surface area contributed by atoms with Crippen molar-refractivity contribution in [3.63, 3.8) is 0 Å². The van der Waals surface area contributed by atoms with Gasteiger partial charge in [0, 0.05) is 50.8 Å². The number of nitrogens with one attached hydrogen (secondary N) is 4. The van der Waals surface area contributed by atoms with Gasteiger partial charge >= 0.3 is 6.09 Å². The van der Waals surface area contributed by atoms with Gasteiger partial charge in [0.15, 0.2) is 0 Å². The smallest absolute Gasteiger partial charge is 0.408 e. The van der Waals surface area contributed by atoms with Crippen molar-refractivity contribution in [1.29, 1.82) is 0 Å². The monoisotopic (exact) mass is 540 g/mol. The van der Waals surface area contributed by atoms with Crippen LogP contribution < -0.4 is 21.3 Å². The zero-order chi connectivity index (χ0) is 28.3. The third-order valence-corrected chi connectivity index (χ3v) is 5.99. The van der Waals surface area contributed by atoms with E-state index in [4.69, 9.17) is 4.74 Å². The maximum Gasteiger partial charge on any atom is 0.408 e. The molecule has 3 heterocycles. The van der Waals surface area contributed by atoms with Crippen molar-refractivity contribution in [3.05, 3.63) is 41.9 Å². The highest BCUT2D eigenvalue weighted by atomic mass is 16.6. The first-order chi connectivity index (χ1) is 18.6. The standard InChI is InChI=1S/C27H40N8O4/c1-5-11-29-23-21(17-31-25(34-23)30-14-8-19-6-12-28-13-7-19)24(37)33-20-9-15-35(16-10-20)22(36)18-32-26(38)39-27(2,3)4/h6-7,12-13,17,20H,5,8-11,14-16,18H2,1-4H3,(H,32,38)(H,33,37)(H2,29,30,31,34). The zero-order valence-corrected chi connectivity index (χ0v) is 23.2. The number of carbonyl (C=O) groups excluding carboxylic acids is 3. The number of aromatic nitrogens is 3. The summed E-state index contributed by atoms with van der Waals surface area (Å²) in [7, 11) is 0. The number of hydrogen-bond acceptors (Lipinski definition) is 9. The lowest BCUT2D eigenvalue weighted by molar-refractivity contribution is -0.131. The first-order valence-electron chi connectivity index (χ1n) is 13.4. The first-order valence-corrected chi connectivity index (χ1v) is 13.4. The van der Waals surface area contributed by atoms with Gasteiger partial charge in [0.05, 0.1) is 0 Å². The summed E-state index contributed by atoms with van der Waals surface area (Å²) in [4.78, 5) is 52.0. The van der Waals surface area contributed by atoms with Gasteiger partial charge in [-0.05, 0) is 64.2 Å². The Morgan fingerprint density at radius 2 is 1.79 bits per heavy atom. The van der Waals surface area contributed by atoms with Gasteiger partial charge in [-0.3, -0.25) is 14.6 Å². The average Bonchev–Trinajstić information content (AvgIpc) is 2.90.